The molecular formula is C18H17FN2O3. The predicted molar refractivity (Wildman–Crippen MR) is 86.5 cm³/mol. The van der Waals surface area contributed by atoms with E-state index in [2.05, 4.69) is 5.32 Å². The second kappa shape index (κ2) is 7.47. The van der Waals surface area contributed by atoms with Crippen molar-refractivity contribution >= 4 is 5.91 Å². The van der Waals surface area contributed by atoms with E-state index < -0.39 is 17.8 Å². The topological polar surface area (TPSA) is 71.3 Å². The highest BCUT2D eigenvalue weighted by Crippen LogP contribution is 2.29. The highest BCUT2D eigenvalue weighted by molar-refractivity contribution is 5.96. The minimum absolute atomic E-state index is 0.183. The molecule has 1 atom stereocenters. The van der Waals surface area contributed by atoms with Gasteiger partial charge in [-0.2, -0.15) is 5.26 Å². The number of nitrogens with one attached hydrogen (secondary N) is 1. The minimum atomic E-state index is -0.943. The van der Waals surface area contributed by atoms with E-state index >= 15 is 0 Å². The third-order valence-corrected chi connectivity index (χ3v) is 3.60. The van der Waals surface area contributed by atoms with E-state index in [0.717, 1.165) is 6.07 Å². The lowest BCUT2D eigenvalue weighted by Crippen LogP contribution is -2.28. The molecule has 0 aromatic heterocycles. The van der Waals surface area contributed by atoms with Crippen molar-refractivity contribution in [2.45, 2.75) is 13.0 Å². The molecule has 0 aliphatic rings. The third-order valence-electron chi connectivity index (χ3n) is 3.60. The Labute approximate surface area is 139 Å². The molecule has 2 aromatic rings. The Morgan fingerprint density at radius 3 is 2.58 bits per heavy atom. The van der Waals surface area contributed by atoms with Gasteiger partial charge in [-0.15, -0.1) is 0 Å². The van der Waals surface area contributed by atoms with Gasteiger partial charge in [0.1, 0.15) is 23.4 Å². The molecule has 2 aromatic carbocycles. The lowest BCUT2D eigenvalue weighted by atomic mass is 10.0. The van der Waals surface area contributed by atoms with Gasteiger partial charge in [0, 0.05) is 17.2 Å². The molecule has 0 aliphatic carbocycles. The quantitative estimate of drug-likeness (QED) is 0.915. The summed E-state index contributed by atoms with van der Waals surface area (Å²) < 4.78 is 23.7. The number of ether oxygens (including phenoxy) is 2. The average molecular weight is 328 g/mol. The van der Waals surface area contributed by atoms with E-state index in [1.807, 2.05) is 6.07 Å². The summed E-state index contributed by atoms with van der Waals surface area (Å²) in [7, 11) is 2.98. The van der Waals surface area contributed by atoms with Crippen LogP contribution < -0.4 is 14.8 Å². The molecule has 2 rings (SSSR count). The van der Waals surface area contributed by atoms with Crippen LogP contribution in [-0.2, 0) is 0 Å². The van der Waals surface area contributed by atoms with Crippen LogP contribution in [0.25, 0.3) is 0 Å². The summed E-state index contributed by atoms with van der Waals surface area (Å²) in [6.45, 7) is 1.70. The Bertz CT molecular complexity index is 799. The Balaban J connectivity index is 2.31. The van der Waals surface area contributed by atoms with E-state index in [-0.39, 0.29) is 5.56 Å². The first kappa shape index (κ1) is 17.3. The van der Waals surface area contributed by atoms with Crippen LogP contribution in [0.15, 0.2) is 36.4 Å². The van der Waals surface area contributed by atoms with Crippen LogP contribution in [0.4, 0.5) is 4.39 Å². The van der Waals surface area contributed by atoms with Gasteiger partial charge in [-0.25, -0.2) is 4.39 Å². The molecule has 0 heterocycles. The first-order valence-corrected chi connectivity index (χ1v) is 7.18. The summed E-state index contributed by atoms with van der Waals surface area (Å²) in [4.78, 5) is 12.4. The van der Waals surface area contributed by atoms with E-state index in [9.17, 15) is 14.4 Å². The Morgan fingerprint density at radius 1 is 1.21 bits per heavy atom. The van der Waals surface area contributed by atoms with Crippen LogP contribution in [0.5, 0.6) is 11.5 Å². The van der Waals surface area contributed by atoms with E-state index in [1.165, 1.54) is 26.4 Å². The number of nitrogens with zero attached hydrogens (tertiary/aromatic N) is 1. The standard InChI is InChI=1S/C18H17FN2O3/c1-11-4-5-12(19)8-15(11)18(22)21-16(10-20)14-7-6-13(23-2)9-17(14)24-3/h4-9,16H,1-3H3,(H,21,22)/t16-/m0/s1. The maximum absolute atomic E-state index is 13.4. The van der Waals surface area contributed by atoms with Gasteiger partial charge in [0.25, 0.3) is 5.91 Å². The highest BCUT2D eigenvalue weighted by Gasteiger charge is 2.20. The SMILES string of the molecule is COc1ccc([C@H](C#N)NC(=O)c2cc(F)ccc2C)c(OC)c1. The fourth-order valence-corrected chi connectivity index (χ4v) is 2.28. The predicted octanol–water partition coefficient (Wildman–Crippen LogP) is 3.15. The zero-order valence-corrected chi connectivity index (χ0v) is 13.6. The molecule has 0 aliphatic heterocycles. The van der Waals surface area contributed by atoms with Crippen molar-refractivity contribution < 1.29 is 18.7 Å². The zero-order chi connectivity index (χ0) is 17.7. The smallest absolute Gasteiger partial charge is 0.252 e. The van der Waals surface area contributed by atoms with Crippen molar-refractivity contribution in [1.29, 1.82) is 5.26 Å². The summed E-state index contributed by atoms with van der Waals surface area (Å²) >= 11 is 0. The van der Waals surface area contributed by atoms with Gasteiger partial charge in [-0.3, -0.25) is 4.79 Å². The summed E-state index contributed by atoms with van der Waals surface area (Å²) in [5.41, 5.74) is 1.29. The van der Waals surface area contributed by atoms with Crippen LogP contribution in [0.1, 0.15) is 27.5 Å². The van der Waals surface area contributed by atoms with Crippen LogP contribution in [0.3, 0.4) is 0 Å². The maximum atomic E-state index is 13.4. The third kappa shape index (κ3) is 3.63. The normalized spacial score (nSPS) is 11.3. The lowest BCUT2D eigenvalue weighted by molar-refractivity contribution is 0.0943. The van der Waals surface area contributed by atoms with Gasteiger partial charge in [0.2, 0.25) is 0 Å². The van der Waals surface area contributed by atoms with Gasteiger partial charge in [-0.05, 0) is 36.8 Å². The van der Waals surface area contributed by atoms with E-state index in [1.54, 1.807) is 25.1 Å². The number of benzene rings is 2. The molecule has 124 valence electrons. The van der Waals surface area contributed by atoms with E-state index in [0.29, 0.717) is 22.6 Å². The van der Waals surface area contributed by atoms with Crippen molar-refractivity contribution in [3.05, 3.63) is 58.9 Å². The van der Waals surface area contributed by atoms with Gasteiger partial charge in [-0.1, -0.05) is 6.07 Å². The fourth-order valence-electron chi connectivity index (χ4n) is 2.28. The number of aryl methyl sites for hydroxylation is 1. The molecule has 0 fully saturated rings. The molecular weight excluding hydrogens is 311 g/mol. The monoisotopic (exact) mass is 328 g/mol. The number of rotatable bonds is 5. The Morgan fingerprint density at radius 2 is 1.96 bits per heavy atom. The van der Waals surface area contributed by atoms with Crippen LogP contribution >= 0.6 is 0 Å². The maximum Gasteiger partial charge on any atom is 0.252 e. The molecule has 24 heavy (non-hydrogen) atoms. The van der Waals surface area contributed by atoms with Crippen LogP contribution in [0, 0.1) is 24.1 Å². The number of halogens is 1. The van der Waals surface area contributed by atoms with Gasteiger partial charge in [0.15, 0.2) is 0 Å². The Hall–Kier alpha value is -3.07. The van der Waals surface area contributed by atoms with Crippen molar-refractivity contribution in [3.63, 3.8) is 0 Å². The summed E-state index contributed by atoms with van der Waals surface area (Å²) in [6, 6.07) is 9.95. The van der Waals surface area contributed by atoms with Gasteiger partial charge < -0.3 is 14.8 Å². The number of carbonyl (C=O) groups excluding carboxylic acids is 1. The molecule has 0 saturated carbocycles. The van der Waals surface area contributed by atoms with Crippen LogP contribution in [-0.4, -0.2) is 20.1 Å². The first-order valence-electron chi connectivity index (χ1n) is 7.18. The lowest BCUT2D eigenvalue weighted by Gasteiger charge is -2.17. The van der Waals surface area contributed by atoms with Gasteiger partial charge in [0.05, 0.1) is 20.3 Å². The second-order valence-corrected chi connectivity index (χ2v) is 5.10. The fraction of sp³-hybridized carbons (Fsp3) is 0.222. The summed E-state index contributed by atoms with van der Waals surface area (Å²) in [5, 5.41) is 12.0. The molecule has 0 unspecified atom stereocenters. The number of hydrogen-bond acceptors (Lipinski definition) is 4. The molecule has 0 spiro atoms. The van der Waals surface area contributed by atoms with Crippen molar-refractivity contribution in [2.24, 2.45) is 0 Å². The summed E-state index contributed by atoms with van der Waals surface area (Å²) in [6.07, 6.45) is 0. The molecule has 0 radical (unpaired) electrons. The molecule has 5 nitrogen and oxygen atoms in total. The van der Waals surface area contributed by atoms with Crippen molar-refractivity contribution in [3.8, 4) is 17.6 Å². The van der Waals surface area contributed by atoms with E-state index in [4.69, 9.17) is 9.47 Å². The second-order valence-electron chi connectivity index (χ2n) is 5.10. The minimum Gasteiger partial charge on any atom is -0.497 e. The molecule has 1 amide bonds. The first-order chi connectivity index (χ1) is 11.5. The zero-order valence-electron chi connectivity index (χ0n) is 13.6. The largest absolute Gasteiger partial charge is 0.497 e. The van der Waals surface area contributed by atoms with Crippen LogP contribution in [0.2, 0.25) is 0 Å². The summed E-state index contributed by atoms with van der Waals surface area (Å²) in [5.74, 6) is -0.0607. The molecule has 1 N–H and O–H groups in total. The number of methoxy groups -OCH3 is 2. The van der Waals surface area contributed by atoms with Gasteiger partial charge >= 0.3 is 0 Å². The number of carbonyl (C=O) groups is 1. The number of hydrogen-bond donors (Lipinski definition) is 1. The Kier molecular flexibility index (Phi) is 5.38. The molecule has 0 bridgehead atoms. The highest BCUT2D eigenvalue weighted by atomic mass is 19.1. The number of nitriles is 1. The average Bonchev–Trinajstić information content (AvgIpc) is 2.60. The van der Waals surface area contributed by atoms with Crippen molar-refractivity contribution in [1.82, 2.24) is 5.32 Å². The molecule has 0 saturated heterocycles. The molecule has 6 heteroatoms. The number of amides is 1. The van der Waals surface area contributed by atoms with Crippen molar-refractivity contribution in [2.75, 3.05) is 14.2 Å².